The largest absolute Gasteiger partial charge is 0.320 e. The lowest BCUT2D eigenvalue weighted by molar-refractivity contribution is 0.857. The Morgan fingerprint density at radius 2 is 1.84 bits per heavy atom. The second-order valence-corrected chi connectivity index (χ2v) is 5.84. The van der Waals surface area contributed by atoms with Gasteiger partial charge in [-0.15, -0.1) is 0 Å². The third-order valence-electron chi connectivity index (χ3n) is 3.40. The van der Waals surface area contributed by atoms with Gasteiger partial charge < -0.3 is 5.73 Å². The summed E-state index contributed by atoms with van der Waals surface area (Å²) in [5, 5.41) is 0. The van der Waals surface area contributed by atoms with Gasteiger partial charge in [0.15, 0.2) is 0 Å². The smallest absolute Gasteiger partial charge is 0.0552 e. The second-order valence-electron chi connectivity index (χ2n) is 4.98. The molecule has 0 amide bonds. The van der Waals surface area contributed by atoms with E-state index in [1.807, 2.05) is 0 Å². The summed E-state index contributed by atoms with van der Waals surface area (Å²) in [4.78, 5) is 0. The fourth-order valence-corrected chi connectivity index (χ4v) is 2.62. The topological polar surface area (TPSA) is 26.0 Å². The van der Waals surface area contributed by atoms with Crippen molar-refractivity contribution >= 4 is 15.9 Å². The van der Waals surface area contributed by atoms with Gasteiger partial charge in [0.25, 0.3) is 0 Å². The van der Waals surface area contributed by atoms with E-state index in [-0.39, 0.29) is 6.04 Å². The summed E-state index contributed by atoms with van der Waals surface area (Å²) in [7, 11) is 0. The highest BCUT2D eigenvalue weighted by Crippen LogP contribution is 2.25. The van der Waals surface area contributed by atoms with Crippen molar-refractivity contribution in [2.24, 2.45) is 5.73 Å². The van der Waals surface area contributed by atoms with Gasteiger partial charge in [-0.2, -0.15) is 0 Å². The Hall–Kier alpha value is -1.12. The lowest BCUT2D eigenvalue weighted by Gasteiger charge is -2.15. The standard InChI is InChI=1S/C17H20BrN/c1-3-5-13-6-4-7-14(10-13)17(19)15-9-8-12(2)16(18)11-15/h4,6-11,17H,3,5,19H2,1-2H3. The number of halogens is 1. The number of nitrogens with two attached hydrogens (primary N) is 1. The SMILES string of the molecule is CCCc1cccc(C(N)c2ccc(C)c(Br)c2)c1. The van der Waals surface area contributed by atoms with Crippen molar-refractivity contribution in [3.8, 4) is 0 Å². The van der Waals surface area contributed by atoms with Crippen LogP contribution in [0.25, 0.3) is 0 Å². The fourth-order valence-electron chi connectivity index (χ4n) is 2.23. The molecule has 100 valence electrons. The van der Waals surface area contributed by atoms with Gasteiger partial charge in [-0.05, 0) is 41.7 Å². The van der Waals surface area contributed by atoms with E-state index in [0.29, 0.717) is 0 Å². The first-order chi connectivity index (χ1) is 9.11. The Labute approximate surface area is 124 Å². The van der Waals surface area contributed by atoms with Gasteiger partial charge >= 0.3 is 0 Å². The summed E-state index contributed by atoms with van der Waals surface area (Å²) >= 11 is 3.57. The maximum absolute atomic E-state index is 6.38. The molecule has 0 spiro atoms. The lowest BCUT2D eigenvalue weighted by atomic mass is 9.96. The molecule has 2 heteroatoms. The minimum atomic E-state index is -0.0614. The quantitative estimate of drug-likeness (QED) is 0.864. The Bertz CT molecular complexity index is 563. The Morgan fingerprint density at radius 1 is 1.11 bits per heavy atom. The third-order valence-corrected chi connectivity index (χ3v) is 4.26. The number of hydrogen-bond donors (Lipinski definition) is 1. The minimum absolute atomic E-state index is 0.0614. The number of aryl methyl sites for hydroxylation is 2. The summed E-state index contributed by atoms with van der Waals surface area (Å²) in [6.07, 6.45) is 2.27. The molecule has 0 aliphatic rings. The van der Waals surface area contributed by atoms with E-state index < -0.39 is 0 Å². The molecule has 0 aliphatic heterocycles. The van der Waals surface area contributed by atoms with Crippen LogP contribution in [0.1, 0.15) is 41.6 Å². The van der Waals surface area contributed by atoms with E-state index in [4.69, 9.17) is 5.73 Å². The molecule has 2 N–H and O–H groups in total. The van der Waals surface area contributed by atoms with Crippen molar-refractivity contribution in [2.75, 3.05) is 0 Å². The summed E-state index contributed by atoms with van der Waals surface area (Å²) in [5.41, 5.74) is 11.3. The second kappa shape index (κ2) is 6.36. The number of benzene rings is 2. The maximum atomic E-state index is 6.38. The Morgan fingerprint density at radius 3 is 2.53 bits per heavy atom. The molecule has 0 radical (unpaired) electrons. The maximum Gasteiger partial charge on any atom is 0.0552 e. The minimum Gasteiger partial charge on any atom is -0.320 e. The zero-order valence-electron chi connectivity index (χ0n) is 11.5. The van der Waals surface area contributed by atoms with Crippen LogP contribution >= 0.6 is 15.9 Å². The monoisotopic (exact) mass is 317 g/mol. The molecule has 1 nitrogen and oxygen atoms in total. The van der Waals surface area contributed by atoms with Gasteiger partial charge in [0.2, 0.25) is 0 Å². The molecular formula is C17H20BrN. The average molecular weight is 318 g/mol. The highest BCUT2D eigenvalue weighted by molar-refractivity contribution is 9.10. The normalized spacial score (nSPS) is 12.4. The van der Waals surface area contributed by atoms with Crippen LogP contribution in [-0.2, 0) is 6.42 Å². The molecule has 2 aromatic rings. The van der Waals surface area contributed by atoms with Crippen molar-refractivity contribution in [1.29, 1.82) is 0 Å². The van der Waals surface area contributed by atoms with Gasteiger partial charge in [-0.25, -0.2) is 0 Å². The van der Waals surface area contributed by atoms with E-state index in [1.165, 1.54) is 16.7 Å². The molecule has 0 aliphatic carbocycles. The third kappa shape index (κ3) is 3.46. The van der Waals surface area contributed by atoms with E-state index in [2.05, 4.69) is 72.2 Å². The lowest BCUT2D eigenvalue weighted by Crippen LogP contribution is -2.12. The molecule has 2 rings (SSSR count). The van der Waals surface area contributed by atoms with Gasteiger partial charge in [-0.1, -0.05) is 65.7 Å². The van der Waals surface area contributed by atoms with Crippen LogP contribution < -0.4 is 5.73 Å². The fraction of sp³-hybridized carbons (Fsp3) is 0.294. The molecule has 0 aromatic heterocycles. The van der Waals surface area contributed by atoms with Crippen LogP contribution in [-0.4, -0.2) is 0 Å². The first kappa shape index (κ1) is 14.3. The molecular weight excluding hydrogens is 298 g/mol. The molecule has 1 atom stereocenters. The van der Waals surface area contributed by atoms with E-state index in [0.717, 1.165) is 22.9 Å². The van der Waals surface area contributed by atoms with Crippen LogP contribution in [0, 0.1) is 6.92 Å². The molecule has 0 heterocycles. The molecule has 0 bridgehead atoms. The summed E-state index contributed by atoms with van der Waals surface area (Å²) in [5.74, 6) is 0. The summed E-state index contributed by atoms with van der Waals surface area (Å²) < 4.78 is 1.12. The van der Waals surface area contributed by atoms with Gasteiger partial charge in [0.05, 0.1) is 6.04 Å². The van der Waals surface area contributed by atoms with E-state index in [1.54, 1.807) is 0 Å². The van der Waals surface area contributed by atoms with Crippen LogP contribution in [0.5, 0.6) is 0 Å². The predicted octanol–water partition coefficient (Wildman–Crippen LogP) is 4.76. The predicted molar refractivity (Wildman–Crippen MR) is 85.3 cm³/mol. The molecule has 0 fully saturated rings. The van der Waals surface area contributed by atoms with Crippen LogP contribution in [0.3, 0.4) is 0 Å². The van der Waals surface area contributed by atoms with Gasteiger partial charge in [0.1, 0.15) is 0 Å². The highest BCUT2D eigenvalue weighted by atomic mass is 79.9. The molecule has 1 unspecified atom stereocenters. The van der Waals surface area contributed by atoms with Crippen LogP contribution in [0.4, 0.5) is 0 Å². The van der Waals surface area contributed by atoms with Gasteiger partial charge in [-0.3, -0.25) is 0 Å². The molecule has 0 saturated heterocycles. The van der Waals surface area contributed by atoms with Crippen molar-refractivity contribution < 1.29 is 0 Å². The zero-order valence-corrected chi connectivity index (χ0v) is 13.1. The van der Waals surface area contributed by atoms with Crippen molar-refractivity contribution in [2.45, 2.75) is 32.7 Å². The summed E-state index contributed by atoms with van der Waals surface area (Å²) in [6.45, 7) is 4.28. The highest BCUT2D eigenvalue weighted by Gasteiger charge is 2.10. The van der Waals surface area contributed by atoms with Gasteiger partial charge in [0, 0.05) is 4.47 Å². The average Bonchev–Trinajstić information content (AvgIpc) is 2.42. The molecule has 19 heavy (non-hydrogen) atoms. The molecule has 0 saturated carbocycles. The first-order valence-electron chi connectivity index (χ1n) is 6.72. The first-order valence-corrected chi connectivity index (χ1v) is 7.51. The number of hydrogen-bond acceptors (Lipinski definition) is 1. The number of rotatable bonds is 4. The van der Waals surface area contributed by atoms with Crippen molar-refractivity contribution in [3.05, 3.63) is 69.2 Å². The zero-order chi connectivity index (χ0) is 13.8. The summed E-state index contributed by atoms with van der Waals surface area (Å²) in [6, 6.07) is 14.9. The van der Waals surface area contributed by atoms with E-state index >= 15 is 0 Å². The molecule has 2 aromatic carbocycles. The Kier molecular flexibility index (Phi) is 4.78. The Balaban J connectivity index is 2.29. The van der Waals surface area contributed by atoms with Crippen molar-refractivity contribution in [1.82, 2.24) is 0 Å². The van der Waals surface area contributed by atoms with Crippen molar-refractivity contribution in [3.63, 3.8) is 0 Å². The van der Waals surface area contributed by atoms with Crippen LogP contribution in [0.2, 0.25) is 0 Å². The van der Waals surface area contributed by atoms with Crippen LogP contribution in [0.15, 0.2) is 46.9 Å². The van der Waals surface area contributed by atoms with E-state index in [9.17, 15) is 0 Å².